The lowest BCUT2D eigenvalue weighted by atomic mass is 10.1. The van der Waals surface area contributed by atoms with Gasteiger partial charge in [-0.1, -0.05) is 18.2 Å². The lowest BCUT2D eigenvalue weighted by Crippen LogP contribution is -2.13. The molecule has 0 radical (unpaired) electrons. The molecular weight excluding hydrogens is 326 g/mol. The Morgan fingerprint density at radius 3 is 2.50 bits per heavy atom. The van der Waals surface area contributed by atoms with Crippen LogP contribution < -0.4 is 4.72 Å². The standard InChI is InChI=1S/C17H13N3O3S/c1-11-2-7-15(17-16(11)13(8-18)9-19-17)20-24(22,23)14-5-3-12(10-21)4-6-14/h2-7,9-10,19-20H,1H3. The second-order valence-electron chi connectivity index (χ2n) is 5.29. The molecule has 3 aromatic rings. The molecule has 120 valence electrons. The number of hydrogen-bond donors (Lipinski definition) is 2. The number of fused-ring (bicyclic) bond motifs is 1. The zero-order chi connectivity index (χ0) is 17.3. The summed E-state index contributed by atoms with van der Waals surface area (Å²) in [6.07, 6.45) is 2.20. The minimum Gasteiger partial charge on any atom is -0.358 e. The number of nitriles is 1. The van der Waals surface area contributed by atoms with Crippen molar-refractivity contribution in [2.45, 2.75) is 11.8 Å². The lowest BCUT2D eigenvalue weighted by Gasteiger charge is -2.10. The number of anilines is 1. The van der Waals surface area contributed by atoms with E-state index in [1.165, 1.54) is 24.3 Å². The smallest absolute Gasteiger partial charge is 0.261 e. The van der Waals surface area contributed by atoms with Crippen LogP contribution in [0.1, 0.15) is 21.5 Å². The maximum absolute atomic E-state index is 12.5. The van der Waals surface area contributed by atoms with Crippen LogP contribution in [0.2, 0.25) is 0 Å². The third kappa shape index (κ3) is 2.64. The Bertz CT molecular complexity index is 1070. The first-order chi connectivity index (χ1) is 11.5. The summed E-state index contributed by atoms with van der Waals surface area (Å²) in [5.74, 6) is 0. The summed E-state index contributed by atoms with van der Waals surface area (Å²) in [7, 11) is -3.81. The van der Waals surface area contributed by atoms with Crippen molar-refractivity contribution in [2.75, 3.05) is 4.72 Å². The van der Waals surface area contributed by atoms with E-state index in [1.54, 1.807) is 18.3 Å². The van der Waals surface area contributed by atoms with Crippen LogP contribution in [0.4, 0.5) is 5.69 Å². The second kappa shape index (κ2) is 5.83. The summed E-state index contributed by atoms with van der Waals surface area (Å²) in [5, 5.41) is 9.85. The number of hydrogen-bond acceptors (Lipinski definition) is 4. The number of carbonyl (C=O) groups is 1. The summed E-state index contributed by atoms with van der Waals surface area (Å²) < 4.78 is 27.6. The van der Waals surface area contributed by atoms with Crippen LogP contribution in [0.25, 0.3) is 10.9 Å². The van der Waals surface area contributed by atoms with Crippen molar-refractivity contribution in [3.63, 3.8) is 0 Å². The van der Waals surface area contributed by atoms with Crippen molar-refractivity contribution in [1.29, 1.82) is 5.26 Å². The summed E-state index contributed by atoms with van der Waals surface area (Å²) in [6.45, 7) is 1.85. The molecule has 7 heteroatoms. The topological polar surface area (TPSA) is 103 Å². The summed E-state index contributed by atoms with van der Waals surface area (Å²) in [6, 6.07) is 11.1. The van der Waals surface area contributed by atoms with E-state index in [-0.39, 0.29) is 4.90 Å². The van der Waals surface area contributed by atoms with Gasteiger partial charge in [0.15, 0.2) is 0 Å². The molecule has 0 saturated carbocycles. The number of aldehydes is 1. The van der Waals surface area contributed by atoms with Gasteiger partial charge in [-0.05, 0) is 30.7 Å². The highest BCUT2D eigenvalue weighted by Gasteiger charge is 2.17. The molecule has 24 heavy (non-hydrogen) atoms. The van der Waals surface area contributed by atoms with E-state index in [2.05, 4.69) is 15.8 Å². The summed E-state index contributed by atoms with van der Waals surface area (Å²) in [5.41, 5.74) is 2.64. The third-order valence-corrected chi connectivity index (χ3v) is 5.12. The normalized spacial score (nSPS) is 11.2. The highest BCUT2D eigenvalue weighted by atomic mass is 32.2. The van der Waals surface area contributed by atoms with Gasteiger partial charge in [0.25, 0.3) is 10.0 Å². The first-order valence-corrected chi connectivity index (χ1v) is 8.53. The number of aromatic nitrogens is 1. The van der Waals surface area contributed by atoms with Gasteiger partial charge in [0.2, 0.25) is 0 Å². The van der Waals surface area contributed by atoms with Gasteiger partial charge in [0, 0.05) is 17.1 Å². The van der Waals surface area contributed by atoms with Crippen LogP contribution in [0.3, 0.4) is 0 Å². The van der Waals surface area contributed by atoms with Gasteiger partial charge in [-0.15, -0.1) is 0 Å². The molecule has 0 spiro atoms. The van der Waals surface area contributed by atoms with E-state index in [0.29, 0.717) is 34.0 Å². The molecule has 0 fully saturated rings. The molecule has 0 saturated heterocycles. The molecule has 0 aliphatic carbocycles. The molecule has 2 N–H and O–H groups in total. The fourth-order valence-corrected chi connectivity index (χ4v) is 3.59. The van der Waals surface area contributed by atoms with E-state index in [4.69, 9.17) is 5.26 Å². The fraction of sp³-hybridized carbons (Fsp3) is 0.0588. The molecule has 0 amide bonds. The second-order valence-corrected chi connectivity index (χ2v) is 6.97. The number of sulfonamides is 1. The number of rotatable bonds is 4. The third-order valence-electron chi connectivity index (χ3n) is 3.74. The number of carbonyl (C=O) groups excluding carboxylic acids is 1. The number of H-pyrrole nitrogens is 1. The van der Waals surface area contributed by atoms with Crippen LogP contribution in [-0.2, 0) is 10.0 Å². The predicted octanol–water partition coefficient (Wildman–Crippen LogP) is 2.96. The van der Waals surface area contributed by atoms with Crippen LogP contribution in [-0.4, -0.2) is 19.7 Å². The van der Waals surface area contributed by atoms with Gasteiger partial charge in [0.05, 0.1) is 21.7 Å². The fourth-order valence-electron chi connectivity index (χ4n) is 2.52. The first kappa shape index (κ1) is 15.8. The Kier molecular flexibility index (Phi) is 3.83. The average Bonchev–Trinajstić information content (AvgIpc) is 3.02. The van der Waals surface area contributed by atoms with E-state index in [1.807, 2.05) is 6.92 Å². The quantitative estimate of drug-likeness (QED) is 0.713. The Balaban J connectivity index is 2.06. The maximum atomic E-state index is 12.5. The van der Waals surface area contributed by atoms with Crippen molar-refractivity contribution in [1.82, 2.24) is 4.98 Å². The molecule has 0 aliphatic heterocycles. The van der Waals surface area contributed by atoms with Crippen molar-refractivity contribution in [2.24, 2.45) is 0 Å². The predicted molar refractivity (Wildman–Crippen MR) is 90.4 cm³/mol. The highest BCUT2D eigenvalue weighted by molar-refractivity contribution is 7.92. The van der Waals surface area contributed by atoms with Gasteiger partial charge in [0.1, 0.15) is 12.4 Å². The Morgan fingerprint density at radius 1 is 1.17 bits per heavy atom. The molecule has 1 aromatic heterocycles. The van der Waals surface area contributed by atoms with Gasteiger partial charge in [-0.2, -0.15) is 5.26 Å². The molecule has 0 atom stereocenters. The molecule has 0 aliphatic rings. The zero-order valence-electron chi connectivity index (χ0n) is 12.7. The number of aryl methyl sites for hydroxylation is 1. The minimum atomic E-state index is -3.81. The molecule has 1 heterocycles. The molecule has 0 unspecified atom stereocenters. The summed E-state index contributed by atoms with van der Waals surface area (Å²) in [4.78, 5) is 13.7. The number of nitrogens with one attached hydrogen (secondary N) is 2. The van der Waals surface area contributed by atoms with Gasteiger partial charge < -0.3 is 4.98 Å². The van der Waals surface area contributed by atoms with Crippen LogP contribution in [0.15, 0.2) is 47.5 Å². The average molecular weight is 339 g/mol. The molecule has 2 aromatic carbocycles. The molecular formula is C17H13N3O3S. The van der Waals surface area contributed by atoms with Crippen molar-refractivity contribution < 1.29 is 13.2 Å². The number of nitrogens with zero attached hydrogens (tertiary/aromatic N) is 1. The first-order valence-electron chi connectivity index (χ1n) is 7.05. The van der Waals surface area contributed by atoms with E-state index in [9.17, 15) is 13.2 Å². The molecule has 6 nitrogen and oxygen atoms in total. The number of aromatic amines is 1. The molecule has 0 bridgehead atoms. The van der Waals surface area contributed by atoms with Gasteiger partial charge in [-0.25, -0.2) is 8.42 Å². The molecule has 3 rings (SSSR count). The number of benzene rings is 2. The van der Waals surface area contributed by atoms with Crippen LogP contribution in [0, 0.1) is 18.3 Å². The SMILES string of the molecule is Cc1ccc(NS(=O)(=O)c2ccc(C=O)cc2)c2[nH]cc(C#N)c12. The maximum Gasteiger partial charge on any atom is 0.261 e. The van der Waals surface area contributed by atoms with Gasteiger partial charge in [-0.3, -0.25) is 9.52 Å². The highest BCUT2D eigenvalue weighted by Crippen LogP contribution is 2.29. The van der Waals surface area contributed by atoms with E-state index in [0.717, 1.165) is 5.56 Å². The Morgan fingerprint density at radius 2 is 1.88 bits per heavy atom. The zero-order valence-corrected chi connectivity index (χ0v) is 13.5. The largest absolute Gasteiger partial charge is 0.358 e. The minimum absolute atomic E-state index is 0.0499. The van der Waals surface area contributed by atoms with Crippen molar-refractivity contribution in [3.05, 3.63) is 59.3 Å². The Hall–Kier alpha value is -3.11. The summed E-state index contributed by atoms with van der Waals surface area (Å²) >= 11 is 0. The van der Waals surface area contributed by atoms with Crippen LogP contribution in [0.5, 0.6) is 0 Å². The van der Waals surface area contributed by atoms with Crippen LogP contribution >= 0.6 is 0 Å². The monoisotopic (exact) mass is 339 g/mol. The Labute approximate surface area is 138 Å². The van der Waals surface area contributed by atoms with Crippen molar-refractivity contribution >= 4 is 32.9 Å². The van der Waals surface area contributed by atoms with E-state index >= 15 is 0 Å². The van der Waals surface area contributed by atoms with Crippen molar-refractivity contribution in [3.8, 4) is 6.07 Å². The lowest BCUT2D eigenvalue weighted by molar-refractivity contribution is 0.112. The van der Waals surface area contributed by atoms with E-state index < -0.39 is 10.0 Å². The van der Waals surface area contributed by atoms with Gasteiger partial charge >= 0.3 is 0 Å².